The minimum Gasteiger partial charge on any atom is -0.381 e. The molecule has 90 valence electrons. The molecular formula is C14H18N2O. The Morgan fingerprint density at radius 2 is 2.06 bits per heavy atom. The summed E-state index contributed by atoms with van der Waals surface area (Å²) in [6.07, 6.45) is 2.45. The number of methoxy groups -OCH3 is 1. The zero-order valence-electron chi connectivity index (χ0n) is 10.4. The Labute approximate surface area is 103 Å². The average molecular weight is 230 g/mol. The first-order chi connectivity index (χ1) is 8.24. The van der Waals surface area contributed by atoms with Crippen molar-refractivity contribution in [2.24, 2.45) is 0 Å². The summed E-state index contributed by atoms with van der Waals surface area (Å²) < 4.78 is 5.36. The molecule has 0 N–H and O–H groups in total. The molecule has 1 aromatic carbocycles. The van der Waals surface area contributed by atoms with E-state index in [4.69, 9.17) is 4.74 Å². The maximum Gasteiger partial charge on any atom is 0.101 e. The first-order valence-electron chi connectivity index (χ1n) is 6.03. The van der Waals surface area contributed by atoms with Crippen molar-refractivity contribution in [3.63, 3.8) is 0 Å². The van der Waals surface area contributed by atoms with Gasteiger partial charge in [0.1, 0.15) is 6.07 Å². The molecule has 1 aromatic rings. The second kappa shape index (κ2) is 5.20. The summed E-state index contributed by atoms with van der Waals surface area (Å²) in [7, 11) is 1.77. The Balaban J connectivity index is 2.16. The van der Waals surface area contributed by atoms with Gasteiger partial charge in [-0.25, -0.2) is 0 Å². The van der Waals surface area contributed by atoms with E-state index in [2.05, 4.69) is 23.1 Å². The van der Waals surface area contributed by atoms with Crippen molar-refractivity contribution in [2.75, 3.05) is 25.1 Å². The highest BCUT2D eigenvalue weighted by Crippen LogP contribution is 2.25. The quantitative estimate of drug-likeness (QED) is 0.783. The van der Waals surface area contributed by atoms with Crippen LogP contribution in [-0.2, 0) is 4.74 Å². The van der Waals surface area contributed by atoms with Gasteiger partial charge in [-0.3, -0.25) is 0 Å². The van der Waals surface area contributed by atoms with Gasteiger partial charge in [0.2, 0.25) is 0 Å². The molecule has 0 aromatic heterocycles. The molecule has 0 unspecified atom stereocenters. The van der Waals surface area contributed by atoms with Crippen LogP contribution in [0.1, 0.15) is 24.0 Å². The fourth-order valence-corrected chi connectivity index (χ4v) is 2.35. The van der Waals surface area contributed by atoms with Crippen LogP contribution < -0.4 is 4.90 Å². The van der Waals surface area contributed by atoms with Crippen molar-refractivity contribution < 1.29 is 4.74 Å². The molecule has 0 saturated carbocycles. The molecule has 0 spiro atoms. The number of aryl methyl sites for hydroxylation is 1. The minimum atomic E-state index is 0.377. The lowest BCUT2D eigenvalue weighted by Crippen LogP contribution is -2.37. The number of anilines is 1. The number of ether oxygens (including phenoxy) is 1. The summed E-state index contributed by atoms with van der Waals surface area (Å²) in [5.41, 5.74) is 2.98. The molecule has 0 radical (unpaired) electrons. The van der Waals surface area contributed by atoms with E-state index in [0.717, 1.165) is 42.7 Å². The second-order valence-corrected chi connectivity index (χ2v) is 4.55. The first-order valence-corrected chi connectivity index (χ1v) is 6.03. The SMILES string of the molecule is COC1CCN(c2ccc(C)cc2C#N)CC1. The van der Waals surface area contributed by atoms with Crippen LogP contribution in [0.15, 0.2) is 18.2 Å². The van der Waals surface area contributed by atoms with E-state index >= 15 is 0 Å². The van der Waals surface area contributed by atoms with Gasteiger partial charge in [-0.1, -0.05) is 6.07 Å². The maximum absolute atomic E-state index is 9.17. The van der Waals surface area contributed by atoms with Crippen LogP contribution in [0.25, 0.3) is 0 Å². The van der Waals surface area contributed by atoms with Gasteiger partial charge in [-0.15, -0.1) is 0 Å². The topological polar surface area (TPSA) is 36.3 Å². The van der Waals surface area contributed by atoms with Crippen LogP contribution in [0.3, 0.4) is 0 Å². The highest BCUT2D eigenvalue weighted by Gasteiger charge is 2.20. The van der Waals surface area contributed by atoms with Crippen molar-refractivity contribution in [3.8, 4) is 6.07 Å². The van der Waals surface area contributed by atoms with E-state index < -0.39 is 0 Å². The summed E-state index contributed by atoms with van der Waals surface area (Å²) >= 11 is 0. The Bertz CT molecular complexity index is 428. The fraction of sp³-hybridized carbons (Fsp3) is 0.500. The molecule has 3 heteroatoms. The molecular weight excluding hydrogens is 212 g/mol. The van der Waals surface area contributed by atoms with Crippen molar-refractivity contribution in [2.45, 2.75) is 25.9 Å². The summed E-state index contributed by atoms with van der Waals surface area (Å²) in [5, 5.41) is 9.17. The molecule has 0 aliphatic carbocycles. The number of nitriles is 1. The van der Waals surface area contributed by atoms with E-state index in [1.54, 1.807) is 7.11 Å². The fourth-order valence-electron chi connectivity index (χ4n) is 2.35. The van der Waals surface area contributed by atoms with Gasteiger partial charge in [0.15, 0.2) is 0 Å². The zero-order valence-corrected chi connectivity index (χ0v) is 10.4. The molecule has 1 saturated heterocycles. The number of nitrogens with zero attached hydrogens (tertiary/aromatic N) is 2. The number of benzene rings is 1. The average Bonchev–Trinajstić information content (AvgIpc) is 2.39. The third-order valence-corrected chi connectivity index (χ3v) is 3.39. The Morgan fingerprint density at radius 3 is 2.65 bits per heavy atom. The van der Waals surface area contributed by atoms with E-state index in [0.29, 0.717) is 6.10 Å². The Hall–Kier alpha value is -1.53. The highest BCUT2D eigenvalue weighted by atomic mass is 16.5. The molecule has 1 heterocycles. The van der Waals surface area contributed by atoms with Crippen LogP contribution in [-0.4, -0.2) is 26.3 Å². The molecule has 0 bridgehead atoms. The summed E-state index contributed by atoms with van der Waals surface area (Å²) in [5.74, 6) is 0. The van der Waals surface area contributed by atoms with Crippen molar-refractivity contribution in [1.29, 1.82) is 5.26 Å². The Morgan fingerprint density at radius 1 is 1.35 bits per heavy atom. The number of hydrogen-bond donors (Lipinski definition) is 0. The smallest absolute Gasteiger partial charge is 0.101 e. The van der Waals surface area contributed by atoms with Crippen LogP contribution in [0, 0.1) is 18.3 Å². The van der Waals surface area contributed by atoms with Crippen LogP contribution in [0.4, 0.5) is 5.69 Å². The number of rotatable bonds is 2. The van der Waals surface area contributed by atoms with Gasteiger partial charge in [-0.05, 0) is 37.5 Å². The van der Waals surface area contributed by atoms with E-state index in [-0.39, 0.29) is 0 Å². The van der Waals surface area contributed by atoms with Crippen molar-refractivity contribution >= 4 is 5.69 Å². The second-order valence-electron chi connectivity index (χ2n) is 4.55. The van der Waals surface area contributed by atoms with Crippen LogP contribution in [0.2, 0.25) is 0 Å². The number of piperidine rings is 1. The van der Waals surface area contributed by atoms with Crippen LogP contribution >= 0.6 is 0 Å². The zero-order chi connectivity index (χ0) is 12.3. The molecule has 2 rings (SSSR count). The van der Waals surface area contributed by atoms with E-state index in [9.17, 15) is 5.26 Å². The molecule has 0 atom stereocenters. The largest absolute Gasteiger partial charge is 0.381 e. The van der Waals surface area contributed by atoms with Crippen LogP contribution in [0.5, 0.6) is 0 Å². The van der Waals surface area contributed by atoms with E-state index in [1.165, 1.54) is 0 Å². The summed E-state index contributed by atoms with van der Waals surface area (Å²) in [4.78, 5) is 2.29. The van der Waals surface area contributed by atoms with Gasteiger partial charge in [0, 0.05) is 20.2 Å². The summed E-state index contributed by atoms with van der Waals surface area (Å²) in [6.45, 7) is 3.95. The van der Waals surface area contributed by atoms with Crippen molar-refractivity contribution in [1.82, 2.24) is 0 Å². The predicted molar refractivity (Wildman–Crippen MR) is 68.1 cm³/mol. The van der Waals surface area contributed by atoms with E-state index in [1.807, 2.05) is 13.0 Å². The molecule has 1 fully saturated rings. The molecule has 17 heavy (non-hydrogen) atoms. The monoisotopic (exact) mass is 230 g/mol. The number of hydrogen-bond acceptors (Lipinski definition) is 3. The minimum absolute atomic E-state index is 0.377. The first kappa shape index (κ1) is 11.9. The molecule has 3 nitrogen and oxygen atoms in total. The van der Waals surface area contributed by atoms with Gasteiger partial charge < -0.3 is 9.64 Å². The standard InChI is InChI=1S/C14H18N2O/c1-11-3-4-14(12(9-11)10-15)16-7-5-13(17-2)6-8-16/h3-4,9,13H,5-8H2,1-2H3. The molecule has 1 aliphatic rings. The lowest BCUT2D eigenvalue weighted by atomic mass is 10.0. The lowest BCUT2D eigenvalue weighted by molar-refractivity contribution is 0.0819. The Kier molecular flexibility index (Phi) is 3.65. The molecule has 0 amide bonds. The van der Waals surface area contributed by atoms with Gasteiger partial charge in [0.05, 0.1) is 17.4 Å². The predicted octanol–water partition coefficient (Wildman–Crippen LogP) is 2.48. The van der Waals surface area contributed by atoms with Gasteiger partial charge >= 0.3 is 0 Å². The lowest BCUT2D eigenvalue weighted by Gasteiger charge is -2.33. The van der Waals surface area contributed by atoms with Gasteiger partial charge in [-0.2, -0.15) is 5.26 Å². The maximum atomic E-state index is 9.17. The highest BCUT2D eigenvalue weighted by molar-refractivity contribution is 5.60. The third kappa shape index (κ3) is 2.59. The summed E-state index contributed by atoms with van der Waals surface area (Å²) in [6, 6.07) is 8.37. The van der Waals surface area contributed by atoms with Crippen molar-refractivity contribution in [3.05, 3.63) is 29.3 Å². The third-order valence-electron chi connectivity index (χ3n) is 3.39. The van der Waals surface area contributed by atoms with Gasteiger partial charge in [0.25, 0.3) is 0 Å². The molecule has 1 aliphatic heterocycles. The normalized spacial score (nSPS) is 16.9.